The van der Waals surface area contributed by atoms with Crippen LogP contribution >= 0.6 is 11.3 Å². The van der Waals surface area contributed by atoms with E-state index in [9.17, 15) is 14.9 Å². The van der Waals surface area contributed by atoms with Crippen LogP contribution in [0.1, 0.15) is 12.8 Å². The average molecular weight is 278 g/mol. The molecule has 0 aliphatic heterocycles. The third kappa shape index (κ3) is 2.63. The minimum Gasteiger partial charge on any atom is -0.335 e. The maximum atomic E-state index is 11.6. The third-order valence-electron chi connectivity index (χ3n) is 2.72. The minimum absolute atomic E-state index is 0.0186. The molecule has 1 aliphatic rings. The Morgan fingerprint density at radius 1 is 1.47 bits per heavy atom. The lowest BCUT2D eigenvalue weighted by atomic mass is 10.3. The van der Waals surface area contributed by atoms with Crippen LogP contribution in [0.15, 0.2) is 18.2 Å². The first kappa shape index (κ1) is 11.8. The van der Waals surface area contributed by atoms with Gasteiger partial charge < -0.3 is 5.32 Å². The Bertz CT molecular complexity index is 665. The van der Waals surface area contributed by atoms with E-state index in [1.165, 1.54) is 23.5 Å². The number of hydrogen-bond donors (Lipinski definition) is 2. The molecular weight excluding hydrogens is 268 g/mol. The maximum Gasteiger partial charge on any atom is 0.321 e. The van der Waals surface area contributed by atoms with Gasteiger partial charge in [0.05, 0.1) is 15.1 Å². The molecule has 0 spiro atoms. The van der Waals surface area contributed by atoms with E-state index in [1.54, 1.807) is 6.07 Å². The summed E-state index contributed by atoms with van der Waals surface area (Å²) < 4.78 is 0.677. The van der Waals surface area contributed by atoms with Crippen LogP contribution in [0.25, 0.3) is 10.2 Å². The molecular formula is C11H10N4O3S. The third-order valence-corrected chi connectivity index (χ3v) is 3.65. The number of carbonyl (C=O) groups is 1. The number of fused-ring (bicyclic) bond motifs is 1. The van der Waals surface area contributed by atoms with Gasteiger partial charge in [-0.2, -0.15) is 0 Å². The summed E-state index contributed by atoms with van der Waals surface area (Å²) in [4.78, 5) is 26.0. The number of rotatable bonds is 3. The summed E-state index contributed by atoms with van der Waals surface area (Å²) in [5, 5.41) is 16.5. The molecule has 1 saturated carbocycles. The first-order valence-corrected chi connectivity index (χ1v) is 6.56. The van der Waals surface area contributed by atoms with Crippen LogP contribution in [-0.2, 0) is 0 Å². The Labute approximate surface area is 111 Å². The number of nitro benzene ring substituents is 1. The fourth-order valence-corrected chi connectivity index (χ4v) is 2.52. The standard InChI is InChI=1S/C11H10N4O3S/c16-10(12-6-1-2-6)14-11-13-8-4-3-7(15(17)18)5-9(8)19-11/h3-6H,1-2H2,(H2,12,13,14,16). The van der Waals surface area contributed by atoms with Crippen molar-refractivity contribution in [1.29, 1.82) is 0 Å². The molecule has 2 amide bonds. The van der Waals surface area contributed by atoms with Gasteiger partial charge in [0.15, 0.2) is 5.13 Å². The molecule has 0 saturated heterocycles. The van der Waals surface area contributed by atoms with Crippen molar-refractivity contribution in [3.63, 3.8) is 0 Å². The van der Waals surface area contributed by atoms with Crippen LogP contribution in [0.2, 0.25) is 0 Å². The Balaban J connectivity index is 1.80. The number of nitro groups is 1. The number of nitrogens with zero attached hydrogens (tertiary/aromatic N) is 2. The van der Waals surface area contributed by atoms with Crippen LogP contribution in [0.3, 0.4) is 0 Å². The minimum atomic E-state index is -0.452. The summed E-state index contributed by atoms with van der Waals surface area (Å²) in [6.45, 7) is 0. The summed E-state index contributed by atoms with van der Waals surface area (Å²) >= 11 is 1.22. The van der Waals surface area contributed by atoms with E-state index in [0.29, 0.717) is 15.3 Å². The zero-order valence-corrected chi connectivity index (χ0v) is 10.6. The smallest absolute Gasteiger partial charge is 0.321 e. The van der Waals surface area contributed by atoms with Crippen LogP contribution in [0, 0.1) is 10.1 Å². The molecule has 1 aliphatic carbocycles. The van der Waals surface area contributed by atoms with Gasteiger partial charge in [0.2, 0.25) is 0 Å². The molecule has 0 atom stereocenters. The number of aromatic nitrogens is 1. The van der Waals surface area contributed by atoms with E-state index in [0.717, 1.165) is 12.8 Å². The van der Waals surface area contributed by atoms with Crippen molar-refractivity contribution >= 4 is 38.4 Å². The van der Waals surface area contributed by atoms with E-state index < -0.39 is 4.92 Å². The number of carbonyl (C=O) groups excluding carboxylic acids is 1. The first-order chi connectivity index (χ1) is 9.11. The maximum absolute atomic E-state index is 11.6. The Hall–Kier alpha value is -2.22. The Morgan fingerprint density at radius 3 is 2.95 bits per heavy atom. The van der Waals surface area contributed by atoms with Crippen LogP contribution in [0.5, 0.6) is 0 Å². The van der Waals surface area contributed by atoms with Gasteiger partial charge in [-0.1, -0.05) is 11.3 Å². The van der Waals surface area contributed by atoms with Gasteiger partial charge >= 0.3 is 6.03 Å². The highest BCUT2D eigenvalue weighted by atomic mass is 32.1. The predicted molar refractivity (Wildman–Crippen MR) is 71.5 cm³/mol. The van der Waals surface area contributed by atoms with Crippen molar-refractivity contribution in [2.45, 2.75) is 18.9 Å². The van der Waals surface area contributed by atoms with Crippen molar-refractivity contribution < 1.29 is 9.72 Å². The molecule has 19 heavy (non-hydrogen) atoms. The summed E-state index contributed by atoms with van der Waals surface area (Å²) in [5.74, 6) is 0. The predicted octanol–water partition coefficient (Wildman–Crippen LogP) is 2.49. The SMILES string of the molecule is O=C(Nc1nc2ccc([N+](=O)[O-])cc2s1)NC1CC1. The van der Waals surface area contributed by atoms with Crippen molar-refractivity contribution in [3.05, 3.63) is 28.3 Å². The van der Waals surface area contributed by atoms with E-state index in [-0.39, 0.29) is 17.8 Å². The van der Waals surface area contributed by atoms with Crippen molar-refractivity contribution in [1.82, 2.24) is 10.3 Å². The summed E-state index contributed by atoms with van der Waals surface area (Å²) in [6.07, 6.45) is 2.03. The topological polar surface area (TPSA) is 97.2 Å². The number of urea groups is 1. The molecule has 98 valence electrons. The lowest BCUT2D eigenvalue weighted by molar-refractivity contribution is -0.384. The second kappa shape index (κ2) is 4.47. The molecule has 8 heteroatoms. The van der Waals surface area contributed by atoms with Crippen LogP contribution in [0.4, 0.5) is 15.6 Å². The summed E-state index contributed by atoms with van der Waals surface area (Å²) in [7, 11) is 0. The highest BCUT2D eigenvalue weighted by Gasteiger charge is 2.23. The molecule has 7 nitrogen and oxygen atoms in total. The van der Waals surface area contributed by atoms with Gasteiger partial charge in [-0.05, 0) is 18.9 Å². The van der Waals surface area contributed by atoms with Gasteiger partial charge in [0, 0.05) is 18.2 Å². The summed E-state index contributed by atoms with van der Waals surface area (Å²) in [6, 6.07) is 4.42. The van der Waals surface area contributed by atoms with Gasteiger partial charge in [-0.25, -0.2) is 9.78 Å². The van der Waals surface area contributed by atoms with Crippen molar-refractivity contribution in [3.8, 4) is 0 Å². The number of anilines is 1. The van der Waals surface area contributed by atoms with E-state index >= 15 is 0 Å². The monoisotopic (exact) mass is 278 g/mol. The fraction of sp³-hybridized carbons (Fsp3) is 0.273. The average Bonchev–Trinajstić information content (AvgIpc) is 3.06. The van der Waals surface area contributed by atoms with Crippen molar-refractivity contribution in [2.24, 2.45) is 0 Å². The zero-order chi connectivity index (χ0) is 13.4. The normalized spacial score (nSPS) is 14.3. The number of nitrogens with one attached hydrogen (secondary N) is 2. The number of amides is 2. The molecule has 0 unspecified atom stereocenters. The molecule has 1 aromatic heterocycles. The van der Waals surface area contributed by atoms with Gasteiger partial charge in [0.25, 0.3) is 5.69 Å². The molecule has 2 N–H and O–H groups in total. The lowest BCUT2D eigenvalue weighted by Crippen LogP contribution is -2.30. The number of non-ortho nitro benzene ring substituents is 1. The highest BCUT2D eigenvalue weighted by Crippen LogP contribution is 2.29. The molecule has 1 aromatic carbocycles. The van der Waals surface area contributed by atoms with E-state index in [2.05, 4.69) is 15.6 Å². The number of thiazole rings is 1. The van der Waals surface area contributed by atoms with Gasteiger partial charge in [-0.3, -0.25) is 15.4 Å². The zero-order valence-electron chi connectivity index (χ0n) is 9.75. The molecule has 0 bridgehead atoms. The molecule has 3 rings (SSSR count). The quantitative estimate of drug-likeness (QED) is 0.665. The highest BCUT2D eigenvalue weighted by molar-refractivity contribution is 7.22. The Kier molecular flexibility index (Phi) is 2.79. The summed E-state index contributed by atoms with van der Waals surface area (Å²) in [5.41, 5.74) is 0.655. The van der Waals surface area contributed by atoms with Gasteiger partial charge in [0.1, 0.15) is 0 Å². The van der Waals surface area contributed by atoms with E-state index in [4.69, 9.17) is 0 Å². The van der Waals surface area contributed by atoms with Gasteiger partial charge in [-0.15, -0.1) is 0 Å². The second-order valence-electron chi connectivity index (χ2n) is 4.30. The molecule has 1 fully saturated rings. The molecule has 0 radical (unpaired) electrons. The van der Waals surface area contributed by atoms with E-state index in [1.807, 2.05) is 0 Å². The number of hydrogen-bond acceptors (Lipinski definition) is 5. The first-order valence-electron chi connectivity index (χ1n) is 5.74. The largest absolute Gasteiger partial charge is 0.335 e. The molecule has 2 aromatic rings. The van der Waals surface area contributed by atoms with Crippen molar-refractivity contribution in [2.75, 3.05) is 5.32 Å². The number of benzene rings is 1. The fourth-order valence-electron chi connectivity index (χ4n) is 1.63. The lowest BCUT2D eigenvalue weighted by Gasteiger charge is -2.01. The van der Waals surface area contributed by atoms with Crippen LogP contribution < -0.4 is 10.6 Å². The van der Waals surface area contributed by atoms with Crippen LogP contribution in [-0.4, -0.2) is 22.0 Å². The second-order valence-corrected chi connectivity index (χ2v) is 5.33. The molecule has 1 heterocycles. The Morgan fingerprint density at radius 2 is 2.26 bits per heavy atom.